The van der Waals surface area contributed by atoms with Gasteiger partial charge in [0, 0.05) is 18.0 Å². The Bertz CT molecular complexity index is 822. The van der Waals surface area contributed by atoms with Crippen LogP contribution in [0.25, 0.3) is 11.0 Å². The molecule has 3 aromatic rings. The number of ether oxygens (including phenoxy) is 2. The standard InChI is InChI=1S/C14H12Cl2N4O2/c1-21-13-14(22-2)19-12-8(6-20-4-3-17-7-20)11(16)9(15)5-10(12)18-13/h3-5,7H,6H2,1-2H3. The maximum atomic E-state index is 6.35. The van der Waals surface area contributed by atoms with E-state index in [1.807, 2.05) is 10.8 Å². The van der Waals surface area contributed by atoms with Crippen LogP contribution < -0.4 is 9.47 Å². The molecule has 0 unspecified atom stereocenters. The van der Waals surface area contributed by atoms with Crippen molar-refractivity contribution in [1.29, 1.82) is 0 Å². The van der Waals surface area contributed by atoms with E-state index < -0.39 is 0 Å². The number of nitrogens with zero attached hydrogens (tertiary/aromatic N) is 4. The molecule has 0 bridgehead atoms. The molecule has 0 spiro atoms. The maximum Gasteiger partial charge on any atom is 0.278 e. The van der Waals surface area contributed by atoms with Crippen molar-refractivity contribution in [2.45, 2.75) is 6.54 Å². The fourth-order valence-corrected chi connectivity index (χ4v) is 2.57. The summed E-state index contributed by atoms with van der Waals surface area (Å²) < 4.78 is 12.3. The third kappa shape index (κ3) is 2.55. The first kappa shape index (κ1) is 14.9. The number of benzene rings is 1. The highest BCUT2D eigenvalue weighted by molar-refractivity contribution is 6.43. The van der Waals surface area contributed by atoms with Gasteiger partial charge in [0.1, 0.15) is 0 Å². The van der Waals surface area contributed by atoms with Gasteiger partial charge in [-0.15, -0.1) is 0 Å². The molecule has 0 aliphatic heterocycles. The number of rotatable bonds is 4. The van der Waals surface area contributed by atoms with E-state index in [0.717, 1.165) is 5.56 Å². The van der Waals surface area contributed by atoms with E-state index in [0.29, 0.717) is 39.4 Å². The average Bonchev–Trinajstić information content (AvgIpc) is 3.03. The summed E-state index contributed by atoms with van der Waals surface area (Å²) in [5.41, 5.74) is 1.94. The maximum absolute atomic E-state index is 6.35. The van der Waals surface area contributed by atoms with Crippen LogP contribution in [0.3, 0.4) is 0 Å². The molecule has 0 aliphatic rings. The second kappa shape index (κ2) is 5.98. The molecule has 2 aromatic heterocycles. The first-order valence-electron chi connectivity index (χ1n) is 6.36. The summed E-state index contributed by atoms with van der Waals surface area (Å²) in [5.74, 6) is 0.585. The fourth-order valence-electron chi connectivity index (χ4n) is 2.14. The molecule has 22 heavy (non-hydrogen) atoms. The van der Waals surface area contributed by atoms with Crippen molar-refractivity contribution in [1.82, 2.24) is 19.5 Å². The quantitative estimate of drug-likeness (QED) is 0.730. The van der Waals surface area contributed by atoms with Crippen LogP contribution in [0.15, 0.2) is 24.8 Å². The van der Waals surface area contributed by atoms with E-state index in [9.17, 15) is 0 Å². The largest absolute Gasteiger partial charge is 0.477 e. The molecule has 6 nitrogen and oxygen atoms in total. The first-order valence-corrected chi connectivity index (χ1v) is 7.12. The molecule has 8 heteroatoms. The lowest BCUT2D eigenvalue weighted by Crippen LogP contribution is -2.03. The van der Waals surface area contributed by atoms with Gasteiger partial charge in [-0.3, -0.25) is 0 Å². The summed E-state index contributed by atoms with van der Waals surface area (Å²) in [6.45, 7) is 0.472. The number of aromatic nitrogens is 4. The monoisotopic (exact) mass is 338 g/mol. The minimum atomic E-state index is 0.292. The Balaban J connectivity index is 2.25. The highest BCUT2D eigenvalue weighted by Crippen LogP contribution is 2.35. The molecule has 0 saturated carbocycles. The van der Waals surface area contributed by atoms with E-state index in [4.69, 9.17) is 32.7 Å². The van der Waals surface area contributed by atoms with Crippen LogP contribution in [-0.2, 0) is 6.54 Å². The van der Waals surface area contributed by atoms with Gasteiger partial charge in [-0.1, -0.05) is 23.2 Å². The highest BCUT2D eigenvalue weighted by Gasteiger charge is 2.17. The first-order chi connectivity index (χ1) is 10.6. The topological polar surface area (TPSA) is 62.1 Å². The number of hydrogen-bond donors (Lipinski definition) is 0. The Morgan fingerprint density at radius 1 is 1.14 bits per heavy atom. The zero-order valence-corrected chi connectivity index (χ0v) is 13.4. The summed E-state index contributed by atoms with van der Waals surface area (Å²) in [6, 6.07) is 1.66. The molecule has 0 atom stereocenters. The molecule has 0 aliphatic carbocycles. The van der Waals surface area contributed by atoms with Crippen LogP contribution in [0.5, 0.6) is 11.8 Å². The summed E-state index contributed by atoms with van der Waals surface area (Å²) in [4.78, 5) is 12.9. The van der Waals surface area contributed by atoms with Crippen LogP contribution in [0.4, 0.5) is 0 Å². The van der Waals surface area contributed by atoms with Crippen molar-refractivity contribution in [3.63, 3.8) is 0 Å². The Kier molecular flexibility index (Phi) is 4.04. The second-order valence-electron chi connectivity index (χ2n) is 4.50. The van der Waals surface area contributed by atoms with Crippen LogP contribution in [-0.4, -0.2) is 33.7 Å². The molecule has 0 N–H and O–H groups in total. The lowest BCUT2D eigenvalue weighted by Gasteiger charge is -2.13. The summed E-state index contributed by atoms with van der Waals surface area (Å²) in [6.07, 6.45) is 5.21. The van der Waals surface area contributed by atoms with Crippen LogP contribution >= 0.6 is 23.2 Å². The third-order valence-corrected chi connectivity index (χ3v) is 4.00. The zero-order valence-electron chi connectivity index (χ0n) is 11.9. The molecule has 2 heterocycles. The number of hydrogen-bond acceptors (Lipinski definition) is 5. The molecular weight excluding hydrogens is 327 g/mol. The molecule has 0 saturated heterocycles. The summed E-state index contributed by atoms with van der Waals surface area (Å²) in [7, 11) is 3.01. The smallest absolute Gasteiger partial charge is 0.278 e. The predicted octanol–water partition coefficient (Wildman–Crippen LogP) is 3.20. The molecular formula is C14H12Cl2N4O2. The number of halogens is 2. The minimum absolute atomic E-state index is 0.292. The fraction of sp³-hybridized carbons (Fsp3) is 0.214. The lowest BCUT2D eigenvalue weighted by molar-refractivity contribution is 0.334. The van der Waals surface area contributed by atoms with Gasteiger partial charge in [-0.25, -0.2) is 15.0 Å². The van der Waals surface area contributed by atoms with E-state index >= 15 is 0 Å². The van der Waals surface area contributed by atoms with Crippen molar-refractivity contribution >= 4 is 34.2 Å². The van der Waals surface area contributed by atoms with E-state index in [2.05, 4.69) is 15.0 Å². The number of fused-ring (bicyclic) bond motifs is 1. The van der Waals surface area contributed by atoms with Gasteiger partial charge in [0.2, 0.25) is 0 Å². The van der Waals surface area contributed by atoms with Crippen molar-refractivity contribution in [3.05, 3.63) is 40.4 Å². The highest BCUT2D eigenvalue weighted by atomic mass is 35.5. The molecule has 3 rings (SSSR count). The minimum Gasteiger partial charge on any atom is -0.477 e. The number of imidazole rings is 1. The molecule has 0 amide bonds. The van der Waals surface area contributed by atoms with Gasteiger partial charge in [0.25, 0.3) is 11.8 Å². The van der Waals surface area contributed by atoms with E-state index in [1.165, 1.54) is 14.2 Å². The van der Waals surface area contributed by atoms with Crippen molar-refractivity contribution in [2.24, 2.45) is 0 Å². The van der Waals surface area contributed by atoms with Gasteiger partial charge >= 0.3 is 0 Å². The third-order valence-electron chi connectivity index (χ3n) is 3.17. The van der Waals surface area contributed by atoms with Crippen LogP contribution in [0.1, 0.15) is 5.56 Å². The van der Waals surface area contributed by atoms with Crippen LogP contribution in [0, 0.1) is 0 Å². The molecule has 0 fully saturated rings. The van der Waals surface area contributed by atoms with E-state index in [1.54, 1.807) is 18.6 Å². The van der Waals surface area contributed by atoms with Gasteiger partial charge < -0.3 is 14.0 Å². The predicted molar refractivity (Wildman–Crippen MR) is 84.0 cm³/mol. The Hall–Kier alpha value is -2.05. The summed E-state index contributed by atoms with van der Waals surface area (Å²) in [5, 5.41) is 0.843. The average molecular weight is 339 g/mol. The Morgan fingerprint density at radius 3 is 2.50 bits per heavy atom. The SMILES string of the molecule is COc1nc2cc(Cl)c(Cl)c(Cn3ccnc3)c2nc1OC. The second-order valence-corrected chi connectivity index (χ2v) is 5.28. The number of methoxy groups -OCH3 is 2. The molecule has 0 radical (unpaired) electrons. The van der Waals surface area contributed by atoms with Crippen molar-refractivity contribution in [2.75, 3.05) is 14.2 Å². The van der Waals surface area contributed by atoms with E-state index in [-0.39, 0.29) is 0 Å². The summed E-state index contributed by atoms with van der Waals surface area (Å²) >= 11 is 12.6. The van der Waals surface area contributed by atoms with Gasteiger partial charge in [0.05, 0.1) is 48.2 Å². The molecule has 1 aromatic carbocycles. The van der Waals surface area contributed by atoms with Gasteiger partial charge in [0.15, 0.2) is 0 Å². The zero-order chi connectivity index (χ0) is 15.7. The van der Waals surface area contributed by atoms with Crippen molar-refractivity contribution in [3.8, 4) is 11.8 Å². The molecule has 114 valence electrons. The van der Waals surface area contributed by atoms with Crippen molar-refractivity contribution < 1.29 is 9.47 Å². The lowest BCUT2D eigenvalue weighted by atomic mass is 10.1. The Morgan fingerprint density at radius 2 is 1.86 bits per heavy atom. The van der Waals surface area contributed by atoms with Gasteiger partial charge in [-0.2, -0.15) is 0 Å². The normalized spacial score (nSPS) is 10.9. The Labute approximate surface area is 136 Å². The van der Waals surface area contributed by atoms with Crippen LogP contribution in [0.2, 0.25) is 10.0 Å². The van der Waals surface area contributed by atoms with Gasteiger partial charge in [-0.05, 0) is 6.07 Å².